The van der Waals surface area contributed by atoms with E-state index in [0.717, 1.165) is 27.8 Å². The van der Waals surface area contributed by atoms with Crippen LogP contribution in [0.3, 0.4) is 0 Å². The molecule has 9 heteroatoms. The molecule has 1 aliphatic rings. The molecule has 6 atom stereocenters. The Balaban J connectivity index is 1.37. The zero-order chi connectivity index (χ0) is 36.6. The Labute approximate surface area is 312 Å². The van der Waals surface area contributed by atoms with Gasteiger partial charge in [0.2, 0.25) is 0 Å². The van der Waals surface area contributed by atoms with Crippen LogP contribution in [0.1, 0.15) is 34.1 Å². The predicted octanol–water partition coefficient (Wildman–Crippen LogP) is 9.47. The van der Waals surface area contributed by atoms with E-state index in [4.69, 9.17) is 32.7 Å². The van der Waals surface area contributed by atoms with Crippen LogP contribution >= 0.6 is 7.60 Å². The summed E-state index contributed by atoms with van der Waals surface area (Å²) in [5, 5.41) is 0. The number of hydrogen-bond acceptors (Lipinski definition) is 8. The second-order valence-electron chi connectivity index (χ2n) is 12.8. The normalized spacial score (nSPS) is 21.3. The van der Waals surface area contributed by atoms with E-state index in [2.05, 4.69) is 6.58 Å². The summed E-state index contributed by atoms with van der Waals surface area (Å²) < 4.78 is 60.5. The van der Waals surface area contributed by atoms with Gasteiger partial charge in [-0.15, -0.1) is 6.58 Å². The van der Waals surface area contributed by atoms with E-state index in [1.807, 2.05) is 152 Å². The van der Waals surface area contributed by atoms with Crippen molar-refractivity contribution in [3.63, 3.8) is 0 Å². The maximum atomic E-state index is 14.8. The van der Waals surface area contributed by atoms with E-state index >= 15 is 0 Å². The van der Waals surface area contributed by atoms with Crippen LogP contribution in [0.5, 0.6) is 0 Å². The van der Waals surface area contributed by atoms with Crippen molar-refractivity contribution in [1.82, 2.24) is 0 Å². The van der Waals surface area contributed by atoms with Crippen LogP contribution in [-0.4, -0.2) is 43.8 Å². The minimum Gasteiger partial charge on any atom is -0.374 e. The molecule has 0 aliphatic carbocycles. The SMILES string of the molecule is C=CCOP(=O)(C[C@@H]1OC(c2ccccc2)O[C@@H](COCc2ccccc2)[C@@H](OCc2ccccc2)[C@@H]1OCc1ccccc1)OCc1ccccc1. The van der Waals surface area contributed by atoms with Crippen LogP contribution in [0.15, 0.2) is 164 Å². The fourth-order valence-electron chi connectivity index (χ4n) is 6.06. The van der Waals surface area contributed by atoms with Gasteiger partial charge in [0.1, 0.15) is 24.4 Å². The summed E-state index contributed by atoms with van der Waals surface area (Å²) >= 11 is 0. The van der Waals surface area contributed by atoms with Crippen LogP contribution in [-0.2, 0) is 63.7 Å². The van der Waals surface area contributed by atoms with Gasteiger partial charge >= 0.3 is 7.60 Å². The van der Waals surface area contributed by atoms with Gasteiger partial charge in [-0.05, 0) is 22.3 Å². The molecular weight excluding hydrogens is 687 g/mol. The molecule has 0 radical (unpaired) electrons. The molecule has 2 unspecified atom stereocenters. The lowest BCUT2D eigenvalue weighted by atomic mass is 10.0. The maximum absolute atomic E-state index is 14.8. The lowest BCUT2D eigenvalue weighted by Gasteiger charge is -2.34. The van der Waals surface area contributed by atoms with E-state index < -0.39 is 38.3 Å². The number of benzene rings is 5. The lowest BCUT2D eigenvalue weighted by molar-refractivity contribution is -0.199. The van der Waals surface area contributed by atoms with Crippen molar-refractivity contribution in [2.75, 3.05) is 19.4 Å². The first-order valence-corrected chi connectivity index (χ1v) is 19.6. The minimum absolute atomic E-state index is 0.0246. The molecule has 276 valence electrons. The molecule has 0 spiro atoms. The first-order chi connectivity index (χ1) is 26.1. The van der Waals surface area contributed by atoms with E-state index in [0.29, 0.717) is 6.61 Å². The topological polar surface area (TPSA) is 81.7 Å². The highest BCUT2D eigenvalue weighted by Gasteiger charge is 2.47. The molecule has 6 rings (SSSR count). The minimum atomic E-state index is -3.84. The van der Waals surface area contributed by atoms with Gasteiger partial charge in [0.05, 0.1) is 45.8 Å². The third-order valence-corrected chi connectivity index (χ3v) is 10.6. The largest absolute Gasteiger partial charge is 0.374 e. The van der Waals surface area contributed by atoms with E-state index in [1.54, 1.807) is 6.08 Å². The smallest absolute Gasteiger partial charge is 0.334 e. The van der Waals surface area contributed by atoms with Crippen LogP contribution in [0, 0.1) is 0 Å². The summed E-state index contributed by atoms with van der Waals surface area (Å²) in [4.78, 5) is 0. The second-order valence-corrected chi connectivity index (χ2v) is 14.9. The number of ether oxygens (including phenoxy) is 5. The highest BCUT2D eigenvalue weighted by atomic mass is 31.2. The van der Waals surface area contributed by atoms with Crippen molar-refractivity contribution in [2.24, 2.45) is 0 Å². The highest BCUT2D eigenvalue weighted by Crippen LogP contribution is 2.51. The molecule has 1 saturated heterocycles. The average Bonchev–Trinajstić information content (AvgIpc) is 3.35. The summed E-state index contributed by atoms with van der Waals surface area (Å²) in [7, 11) is -3.84. The van der Waals surface area contributed by atoms with Gasteiger partial charge in [-0.25, -0.2) is 0 Å². The molecule has 8 nitrogen and oxygen atoms in total. The molecule has 0 bridgehead atoms. The zero-order valence-corrected chi connectivity index (χ0v) is 30.7. The molecule has 1 fully saturated rings. The van der Waals surface area contributed by atoms with Gasteiger partial charge in [-0.2, -0.15) is 0 Å². The molecule has 0 N–H and O–H groups in total. The van der Waals surface area contributed by atoms with Crippen molar-refractivity contribution >= 4 is 7.60 Å². The maximum Gasteiger partial charge on any atom is 0.334 e. The quantitative estimate of drug-likeness (QED) is 0.0613. The first kappa shape index (κ1) is 38.5. The van der Waals surface area contributed by atoms with Gasteiger partial charge in [0.25, 0.3) is 0 Å². The van der Waals surface area contributed by atoms with Crippen LogP contribution in [0.2, 0.25) is 0 Å². The molecule has 0 saturated carbocycles. The second kappa shape index (κ2) is 20.3. The fourth-order valence-corrected chi connectivity index (χ4v) is 7.76. The third-order valence-electron chi connectivity index (χ3n) is 8.75. The van der Waals surface area contributed by atoms with Crippen molar-refractivity contribution < 1.29 is 37.3 Å². The van der Waals surface area contributed by atoms with Gasteiger partial charge in [0, 0.05) is 5.56 Å². The summed E-state index contributed by atoms with van der Waals surface area (Å²) in [5.41, 5.74) is 4.61. The first-order valence-electron chi connectivity index (χ1n) is 17.9. The van der Waals surface area contributed by atoms with Crippen LogP contribution in [0.25, 0.3) is 0 Å². The van der Waals surface area contributed by atoms with Crippen molar-refractivity contribution in [2.45, 2.75) is 57.1 Å². The van der Waals surface area contributed by atoms with Gasteiger partial charge in [-0.3, -0.25) is 4.57 Å². The lowest BCUT2D eigenvalue weighted by Crippen LogP contribution is -2.49. The van der Waals surface area contributed by atoms with Crippen LogP contribution in [0.4, 0.5) is 0 Å². The van der Waals surface area contributed by atoms with Crippen molar-refractivity contribution in [3.05, 3.63) is 192 Å². The summed E-state index contributed by atoms with van der Waals surface area (Å²) in [6, 6.07) is 49.0. The Hall–Kier alpha value is -4.21. The molecule has 5 aromatic carbocycles. The van der Waals surface area contributed by atoms with E-state index in [-0.39, 0.29) is 39.2 Å². The Morgan fingerprint density at radius 1 is 0.547 bits per heavy atom. The van der Waals surface area contributed by atoms with Crippen LogP contribution < -0.4 is 0 Å². The zero-order valence-electron chi connectivity index (χ0n) is 29.8. The predicted molar refractivity (Wildman–Crippen MR) is 205 cm³/mol. The standard InChI is InChI=1S/C44H47O8P/c1-2-28-49-53(45,50-32-38-24-14-6-15-25-38)34-41-43(48-31-37-22-12-5-13-23-37)42(47-30-36-20-10-4-11-21-36)40(33-46-29-35-18-8-3-9-19-35)51-44(52-41)39-26-16-7-17-27-39/h2-27,40-44H,1,28-34H2/t40-,41-,42+,43+,44?,53?/m0/s1. The monoisotopic (exact) mass is 734 g/mol. The highest BCUT2D eigenvalue weighted by molar-refractivity contribution is 7.53. The number of rotatable bonds is 19. The summed E-state index contributed by atoms with van der Waals surface area (Å²) in [5.74, 6) is 0. The van der Waals surface area contributed by atoms with Gasteiger partial charge in [-0.1, -0.05) is 158 Å². The van der Waals surface area contributed by atoms with Gasteiger partial charge < -0.3 is 32.7 Å². The average molecular weight is 735 g/mol. The van der Waals surface area contributed by atoms with E-state index in [1.165, 1.54) is 0 Å². The number of hydrogen-bond donors (Lipinski definition) is 0. The fraction of sp³-hybridized carbons (Fsp3) is 0.273. The Morgan fingerprint density at radius 2 is 0.981 bits per heavy atom. The third kappa shape index (κ3) is 11.9. The Morgan fingerprint density at radius 3 is 1.49 bits per heavy atom. The molecule has 0 aromatic heterocycles. The Kier molecular flexibility index (Phi) is 14.8. The molecule has 5 aromatic rings. The summed E-state index contributed by atoms with van der Waals surface area (Å²) in [6.45, 7) is 4.96. The molecular formula is C44H47O8P. The molecule has 53 heavy (non-hydrogen) atoms. The Bertz CT molecular complexity index is 1810. The molecule has 1 heterocycles. The van der Waals surface area contributed by atoms with Crippen molar-refractivity contribution in [1.29, 1.82) is 0 Å². The molecule has 1 aliphatic heterocycles. The molecule has 0 amide bonds. The van der Waals surface area contributed by atoms with E-state index in [9.17, 15) is 4.57 Å². The van der Waals surface area contributed by atoms with Crippen molar-refractivity contribution in [3.8, 4) is 0 Å². The summed E-state index contributed by atoms with van der Waals surface area (Å²) in [6.07, 6.45) is -2.50. The van der Waals surface area contributed by atoms with Gasteiger partial charge in [0.15, 0.2) is 6.29 Å².